The van der Waals surface area contributed by atoms with Crippen molar-refractivity contribution in [2.45, 2.75) is 0 Å². The molecule has 4 nitrogen and oxygen atoms in total. The fraction of sp³-hybridized carbons (Fsp3) is 0.120. The minimum atomic E-state index is 0.591. The Labute approximate surface area is 168 Å². The van der Waals surface area contributed by atoms with Crippen LogP contribution in [0.3, 0.4) is 0 Å². The van der Waals surface area contributed by atoms with Gasteiger partial charge >= 0.3 is 0 Å². The Kier molecular flexibility index (Phi) is 4.06. The zero-order chi connectivity index (χ0) is 20.0. The summed E-state index contributed by atoms with van der Waals surface area (Å²) in [5.41, 5.74) is 4.29. The summed E-state index contributed by atoms with van der Waals surface area (Å²) >= 11 is 0. The minimum absolute atomic E-state index is 0.591. The molecular formula is C25H21NO3. The molecule has 4 heteroatoms. The van der Waals surface area contributed by atoms with Gasteiger partial charge in [0.15, 0.2) is 11.5 Å². The van der Waals surface area contributed by atoms with Crippen molar-refractivity contribution in [3.63, 3.8) is 0 Å². The molecule has 0 fully saturated rings. The molecular weight excluding hydrogens is 362 g/mol. The van der Waals surface area contributed by atoms with Gasteiger partial charge in [0.05, 0.1) is 21.3 Å². The molecule has 5 rings (SSSR count). The van der Waals surface area contributed by atoms with Gasteiger partial charge in [0.25, 0.3) is 0 Å². The van der Waals surface area contributed by atoms with Crippen molar-refractivity contribution in [1.29, 1.82) is 0 Å². The lowest BCUT2D eigenvalue weighted by Crippen LogP contribution is -1.97. The van der Waals surface area contributed by atoms with Crippen LogP contribution < -0.4 is 14.2 Å². The predicted molar refractivity (Wildman–Crippen MR) is 118 cm³/mol. The van der Waals surface area contributed by atoms with E-state index in [1.165, 1.54) is 16.2 Å². The number of methoxy groups -OCH3 is 3. The number of rotatable bonds is 4. The standard InChI is InChI=1S/C25H21NO3/c1-27-21-13-12-18(24(28-2)25(21)29-3)22-16-9-5-4-8-15(16)14-20-23(22)17-10-6-7-11-19(17)26-20/h4-14,26H,1-3H3. The molecule has 1 aromatic heterocycles. The van der Waals surface area contributed by atoms with Crippen LogP contribution in [0.5, 0.6) is 17.2 Å². The highest BCUT2D eigenvalue weighted by Gasteiger charge is 2.22. The van der Waals surface area contributed by atoms with Crippen LogP contribution in [-0.4, -0.2) is 26.3 Å². The maximum Gasteiger partial charge on any atom is 0.203 e. The molecule has 29 heavy (non-hydrogen) atoms. The number of benzene rings is 4. The van der Waals surface area contributed by atoms with Gasteiger partial charge in [-0.3, -0.25) is 0 Å². The Hall–Kier alpha value is -3.66. The van der Waals surface area contributed by atoms with Crippen LogP contribution in [0.1, 0.15) is 0 Å². The molecule has 1 heterocycles. The molecule has 0 aliphatic heterocycles. The normalized spacial score (nSPS) is 11.3. The number of hydrogen-bond acceptors (Lipinski definition) is 3. The fourth-order valence-electron chi connectivity index (χ4n) is 4.26. The molecule has 0 atom stereocenters. The first-order chi connectivity index (χ1) is 14.3. The second kappa shape index (κ2) is 6.74. The third-order valence-corrected chi connectivity index (χ3v) is 5.49. The van der Waals surface area contributed by atoms with Crippen LogP contribution in [-0.2, 0) is 0 Å². The highest BCUT2D eigenvalue weighted by molar-refractivity contribution is 6.22. The summed E-state index contributed by atoms with van der Waals surface area (Å²) in [5, 5.41) is 4.68. The SMILES string of the molecule is COc1ccc(-c2c3ccccc3cc3[nH]c4ccccc4c23)c(OC)c1OC. The van der Waals surface area contributed by atoms with Crippen molar-refractivity contribution >= 4 is 32.6 Å². The zero-order valence-electron chi connectivity index (χ0n) is 16.6. The minimum Gasteiger partial charge on any atom is -0.493 e. The number of nitrogens with one attached hydrogen (secondary N) is 1. The number of hydrogen-bond donors (Lipinski definition) is 1. The van der Waals surface area contributed by atoms with Gasteiger partial charge < -0.3 is 19.2 Å². The summed E-state index contributed by atoms with van der Waals surface area (Å²) in [6.45, 7) is 0. The molecule has 1 N–H and O–H groups in total. The van der Waals surface area contributed by atoms with Gasteiger partial charge in [-0.15, -0.1) is 0 Å². The van der Waals surface area contributed by atoms with Crippen LogP contribution >= 0.6 is 0 Å². The zero-order valence-corrected chi connectivity index (χ0v) is 16.6. The molecule has 0 bridgehead atoms. The average Bonchev–Trinajstić information content (AvgIpc) is 3.14. The maximum atomic E-state index is 5.84. The molecule has 0 spiro atoms. The van der Waals surface area contributed by atoms with Crippen molar-refractivity contribution in [3.05, 3.63) is 66.7 Å². The molecule has 5 aromatic rings. The topological polar surface area (TPSA) is 43.5 Å². The van der Waals surface area contributed by atoms with Crippen molar-refractivity contribution < 1.29 is 14.2 Å². The van der Waals surface area contributed by atoms with Crippen LogP contribution in [0.15, 0.2) is 66.7 Å². The highest BCUT2D eigenvalue weighted by Crippen LogP contribution is 2.49. The van der Waals surface area contributed by atoms with E-state index in [9.17, 15) is 0 Å². The number of aromatic amines is 1. The van der Waals surface area contributed by atoms with Gasteiger partial charge in [-0.2, -0.15) is 0 Å². The summed E-state index contributed by atoms with van der Waals surface area (Å²) < 4.78 is 17.0. The maximum absolute atomic E-state index is 5.84. The van der Waals surface area contributed by atoms with Crippen molar-refractivity contribution in [2.24, 2.45) is 0 Å². The van der Waals surface area contributed by atoms with Crippen molar-refractivity contribution in [3.8, 4) is 28.4 Å². The summed E-state index contributed by atoms with van der Waals surface area (Å²) in [5.74, 6) is 1.90. The number of para-hydroxylation sites is 1. The van der Waals surface area contributed by atoms with Crippen LogP contribution in [0.25, 0.3) is 43.7 Å². The third kappa shape index (κ3) is 2.53. The van der Waals surface area contributed by atoms with Gasteiger partial charge in [0, 0.05) is 32.9 Å². The lowest BCUT2D eigenvalue weighted by Gasteiger charge is -2.18. The summed E-state index contributed by atoms with van der Waals surface area (Å²) in [6, 6.07) is 23.0. The Morgan fingerprint density at radius 3 is 2.14 bits per heavy atom. The van der Waals surface area contributed by atoms with Crippen LogP contribution in [0.2, 0.25) is 0 Å². The highest BCUT2D eigenvalue weighted by atomic mass is 16.5. The quantitative estimate of drug-likeness (QED) is 0.404. The largest absolute Gasteiger partial charge is 0.493 e. The number of fused-ring (bicyclic) bond motifs is 4. The second-order valence-electron chi connectivity index (χ2n) is 6.95. The van der Waals surface area contributed by atoms with E-state index in [-0.39, 0.29) is 0 Å². The van der Waals surface area contributed by atoms with Crippen LogP contribution in [0, 0.1) is 0 Å². The molecule has 0 unspecified atom stereocenters. The van der Waals surface area contributed by atoms with E-state index in [1.807, 2.05) is 18.2 Å². The number of H-pyrrole nitrogens is 1. The van der Waals surface area contributed by atoms with E-state index in [0.717, 1.165) is 27.5 Å². The fourth-order valence-corrected chi connectivity index (χ4v) is 4.26. The molecule has 0 aliphatic carbocycles. The lowest BCUT2D eigenvalue weighted by atomic mass is 9.92. The Balaban J connectivity index is 2.01. The molecule has 144 valence electrons. The van der Waals surface area contributed by atoms with E-state index >= 15 is 0 Å². The Bertz CT molecular complexity index is 1370. The van der Waals surface area contributed by atoms with E-state index in [0.29, 0.717) is 17.2 Å². The predicted octanol–water partition coefficient (Wildman–Crippen LogP) is 6.17. The average molecular weight is 383 g/mol. The summed E-state index contributed by atoms with van der Waals surface area (Å²) in [6.07, 6.45) is 0. The van der Waals surface area contributed by atoms with Gasteiger partial charge in [0.2, 0.25) is 5.75 Å². The van der Waals surface area contributed by atoms with E-state index < -0.39 is 0 Å². The van der Waals surface area contributed by atoms with Crippen LogP contribution in [0.4, 0.5) is 0 Å². The smallest absolute Gasteiger partial charge is 0.203 e. The monoisotopic (exact) mass is 383 g/mol. The lowest BCUT2D eigenvalue weighted by molar-refractivity contribution is 0.325. The third-order valence-electron chi connectivity index (χ3n) is 5.49. The molecule has 0 radical (unpaired) electrons. The van der Waals surface area contributed by atoms with E-state index in [2.05, 4.69) is 53.5 Å². The molecule has 0 saturated carbocycles. The molecule has 0 amide bonds. The van der Waals surface area contributed by atoms with Gasteiger partial charge in [-0.25, -0.2) is 0 Å². The van der Waals surface area contributed by atoms with Gasteiger partial charge in [-0.1, -0.05) is 42.5 Å². The first-order valence-corrected chi connectivity index (χ1v) is 9.48. The molecule has 0 aliphatic rings. The summed E-state index contributed by atoms with van der Waals surface area (Å²) in [4.78, 5) is 3.57. The molecule has 4 aromatic carbocycles. The van der Waals surface area contributed by atoms with Gasteiger partial charge in [0.1, 0.15) is 0 Å². The molecule has 0 saturated heterocycles. The van der Waals surface area contributed by atoms with Gasteiger partial charge in [-0.05, 0) is 35.0 Å². The first-order valence-electron chi connectivity index (χ1n) is 9.48. The first kappa shape index (κ1) is 17.4. The number of aromatic nitrogens is 1. The van der Waals surface area contributed by atoms with Crippen molar-refractivity contribution in [1.82, 2.24) is 4.98 Å². The second-order valence-corrected chi connectivity index (χ2v) is 6.95. The summed E-state index contributed by atoms with van der Waals surface area (Å²) in [7, 11) is 4.93. The Morgan fingerprint density at radius 2 is 1.38 bits per heavy atom. The van der Waals surface area contributed by atoms with E-state index in [4.69, 9.17) is 14.2 Å². The number of ether oxygens (including phenoxy) is 3. The Morgan fingerprint density at radius 1 is 0.655 bits per heavy atom. The van der Waals surface area contributed by atoms with E-state index in [1.54, 1.807) is 21.3 Å². The van der Waals surface area contributed by atoms with Crippen molar-refractivity contribution in [2.75, 3.05) is 21.3 Å².